The molecule has 0 aliphatic rings. The van der Waals surface area contributed by atoms with E-state index in [2.05, 4.69) is 130 Å². The Morgan fingerprint density at radius 3 is 1.31 bits per heavy atom. The molecule has 0 saturated heterocycles. The molecule has 0 aliphatic carbocycles. The SMILES string of the molecule is CC(CCCCC(CCCC(C)(C)C)CN(C)[PH](N(C)C)(N(C)C)N(C)C)C(C)(C)CCCCCCCCC(C)(C)C. The Labute approximate surface area is 268 Å². The van der Waals surface area contributed by atoms with Crippen LogP contribution >= 0.6 is 7.87 Å². The van der Waals surface area contributed by atoms with Crippen molar-refractivity contribution >= 4 is 7.87 Å². The minimum absolute atomic E-state index is 0.430. The van der Waals surface area contributed by atoms with Crippen molar-refractivity contribution in [3.8, 4) is 0 Å². The molecule has 0 aliphatic heterocycles. The third kappa shape index (κ3) is 16.5. The molecule has 0 aromatic rings. The molecule has 0 aromatic heterocycles. The van der Waals surface area contributed by atoms with Crippen molar-refractivity contribution in [2.45, 2.75) is 159 Å². The van der Waals surface area contributed by atoms with Crippen LogP contribution in [-0.2, 0) is 0 Å². The molecule has 0 heterocycles. The molecule has 0 fully saturated rings. The van der Waals surface area contributed by atoms with Crippen LogP contribution in [0.5, 0.6) is 0 Å². The zero-order valence-electron chi connectivity index (χ0n) is 32.3. The second-order valence-electron chi connectivity index (χ2n) is 17.8. The van der Waals surface area contributed by atoms with E-state index in [1.807, 2.05) is 0 Å². The van der Waals surface area contributed by atoms with E-state index in [4.69, 9.17) is 0 Å². The number of hydrogen-bond acceptors (Lipinski definition) is 4. The number of rotatable bonds is 23. The quantitative estimate of drug-likeness (QED) is 0.0838. The summed E-state index contributed by atoms with van der Waals surface area (Å²) in [6, 6.07) is 0. The number of hydrogen-bond donors (Lipinski definition) is 0. The van der Waals surface area contributed by atoms with Gasteiger partial charge in [-0.3, -0.25) is 0 Å². The third-order valence-corrected chi connectivity index (χ3v) is 15.0. The molecule has 0 spiro atoms. The van der Waals surface area contributed by atoms with Crippen molar-refractivity contribution in [2.24, 2.45) is 28.1 Å². The van der Waals surface area contributed by atoms with E-state index in [0.29, 0.717) is 16.2 Å². The predicted molar refractivity (Wildman–Crippen MR) is 197 cm³/mol. The average molecular weight is 615 g/mol. The van der Waals surface area contributed by atoms with Gasteiger partial charge in [-0.2, -0.15) is 0 Å². The molecule has 256 valence electrons. The summed E-state index contributed by atoms with van der Waals surface area (Å²) in [5.41, 5.74) is 1.40. The standard InChI is InChI=1S/C37H83N4P/c1-33(37(8,9)31-24-20-18-17-19-23-29-35(2,3)4)26-21-22-27-34(28-25-30-36(5,6)7)32-41(16)42(38(10)11,39(12)13)40(14)15/h33-34,42H,17-32H2,1-16H3. The van der Waals surface area contributed by atoms with E-state index in [-0.39, 0.29) is 0 Å². The average Bonchev–Trinajstić information content (AvgIpc) is 2.81. The zero-order valence-corrected chi connectivity index (χ0v) is 33.3. The molecule has 0 aromatic carbocycles. The van der Waals surface area contributed by atoms with Crippen LogP contribution < -0.4 is 0 Å². The molecule has 0 amide bonds. The van der Waals surface area contributed by atoms with E-state index in [0.717, 1.165) is 11.8 Å². The first-order chi connectivity index (χ1) is 19.2. The fraction of sp³-hybridized carbons (Fsp3) is 1.00. The molecule has 0 radical (unpaired) electrons. The van der Waals surface area contributed by atoms with Gasteiger partial charge in [-0.05, 0) is 11.8 Å². The van der Waals surface area contributed by atoms with Crippen LogP contribution in [0.1, 0.15) is 159 Å². The second-order valence-corrected chi connectivity index (χ2v) is 22.5. The maximum absolute atomic E-state index is 2.73. The molecule has 0 saturated carbocycles. The first kappa shape index (κ1) is 42.3. The van der Waals surface area contributed by atoms with E-state index in [1.54, 1.807) is 0 Å². The van der Waals surface area contributed by atoms with Crippen LogP contribution in [0, 0.1) is 28.1 Å². The van der Waals surface area contributed by atoms with Crippen LogP contribution in [0.25, 0.3) is 0 Å². The zero-order chi connectivity index (χ0) is 32.8. The summed E-state index contributed by atoms with van der Waals surface area (Å²) < 4.78 is 10.2. The summed E-state index contributed by atoms with van der Waals surface area (Å²) in [5.74, 6) is 1.58. The van der Waals surface area contributed by atoms with Crippen molar-refractivity contribution in [1.29, 1.82) is 0 Å². The Balaban J connectivity index is 4.86. The van der Waals surface area contributed by atoms with Gasteiger partial charge >= 0.3 is 211 Å². The minimum Gasteiger partial charge on any atom is -0.0602 e. The van der Waals surface area contributed by atoms with Gasteiger partial charge in [0.05, 0.1) is 0 Å². The second kappa shape index (κ2) is 19.7. The van der Waals surface area contributed by atoms with Crippen molar-refractivity contribution < 1.29 is 0 Å². The first-order valence-electron chi connectivity index (χ1n) is 17.9. The molecule has 0 rings (SSSR count). The smallest absolute Gasteiger partial charge is 0.0602 e. The fourth-order valence-corrected chi connectivity index (χ4v) is 12.4. The summed E-state index contributed by atoms with van der Waals surface area (Å²) >= 11 is 0. The van der Waals surface area contributed by atoms with Crippen LogP contribution in [0.15, 0.2) is 0 Å². The Bertz CT molecular complexity index is 652. The van der Waals surface area contributed by atoms with Crippen LogP contribution in [0.2, 0.25) is 0 Å². The summed E-state index contributed by atoms with van der Waals surface area (Å²) in [4.78, 5) is 0. The Morgan fingerprint density at radius 1 is 0.476 bits per heavy atom. The topological polar surface area (TPSA) is 13.0 Å². The summed E-state index contributed by atoms with van der Waals surface area (Å²) in [6.45, 7) is 23.1. The summed E-state index contributed by atoms with van der Waals surface area (Å²) in [6.07, 6.45) is 20.8. The van der Waals surface area contributed by atoms with Crippen molar-refractivity contribution in [2.75, 3.05) is 55.9 Å². The first-order valence-corrected chi connectivity index (χ1v) is 19.7. The fourth-order valence-electron chi connectivity index (χ4n) is 7.45. The van der Waals surface area contributed by atoms with Crippen molar-refractivity contribution in [3.05, 3.63) is 0 Å². The van der Waals surface area contributed by atoms with Crippen molar-refractivity contribution in [3.63, 3.8) is 0 Å². The molecular formula is C37H83N4P. The molecular weight excluding hydrogens is 531 g/mol. The van der Waals surface area contributed by atoms with Crippen LogP contribution in [0.4, 0.5) is 0 Å². The predicted octanol–water partition coefficient (Wildman–Crippen LogP) is 11.2. The van der Waals surface area contributed by atoms with Crippen LogP contribution in [0.3, 0.4) is 0 Å². The maximum atomic E-state index is 2.73. The monoisotopic (exact) mass is 615 g/mol. The van der Waals surface area contributed by atoms with Gasteiger partial charge in [-0.1, -0.05) is 46.5 Å². The van der Waals surface area contributed by atoms with Crippen molar-refractivity contribution in [1.82, 2.24) is 18.7 Å². The summed E-state index contributed by atoms with van der Waals surface area (Å²) in [7, 11) is 14.0. The third-order valence-electron chi connectivity index (χ3n) is 10.2. The van der Waals surface area contributed by atoms with Gasteiger partial charge in [-0.15, -0.1) is 0 Å². The number of nitrogens with zero attached hydrogens (tertiary/aromatic N) is 4. The van der Waals surface area contributed by atoms with E-state index < -0.39 is 7.87 Å². The van der Waals surface area contributed by atoms with E-state index in [9.17, 15) is 0 Å². The number of unbranched alkanes of at least 4 members (excludes halogenated alkanes) is 6. The van der Waals surface area contributed by atoms with Gasteiger partial charge in [0.15, 0.2) is 0 Å². The van der Waals surface area contributed by atoms with Gasteiger partial charge in [0.2, 0.25) is 0 Å². The van der Waals surface area contributed by atoms with Gasteiger partial charge in [0.1, 0.15) is 0 Å². The normalized spacial score (nSPS) is 15.8. The van der Waals surface area contributed by atoms with Crippen LogP contribution in [-0.4, -0.2) is 74.6 Å². The molecule has 5 heteroatoms. The molecule has 0 N–H and O–H groups in total. The Hall–Kier alpha value is 0.270. The van der Waals surface area contributed by atoms with Gasteiger partial charge in [0.25, 0.3) is 0 Å². The van der Waals surface area contributed by atoms with Gasteiger partial charge in [-0.25, -0.2) is 0 Å². The minimum atomic E-state index is -2.06. The summed E-state index contributed by atoms with van der Waals surface area (Å²) in [5, 5.41) is 0. The van der Waals surface area contributed by atoms with Gasteiger partial charge in [0, 0.05) is 0 Å². The molecule has 0 bridgehead atoms. The molecule has 42 heavy (non-hydrogen) atoms. The molecule has 2 unspecified atom stereocenters. The molecule has 2 atom stereocenters. The van der Waals surface area contributed by atoms with Gasteiger partial charge < -0.3 is 0 Å². The Morgan fingerprint density at radius 2 is 0.857 bits per heavy atom. The van der Waals surface area contributed by atoms with E-state index >= 15 is 0 Å². The van der Waals surface area contributed by atoms with E-state index in [1.165, 1.54) is 103 Å². The Kier molecular flexibility index (Phi) is 19.8. The molecule has 4 nitrogen and oxygen atoms in total.